The van der Waals surface area contributed by atoms with Crippen molar-refractivity contribution < 1.29 is 13.9 Å². The first-order valence-corrected chi connectivity index (χ1v) is 11.1. The molecule has 2 aromatic carbocycles. The molecular weight excluding hydrogens is 576 g/mol. The SMILES string of the molecule is COc1c(Br)cc(C(=O)N/N=C\c2cc(Br)c(Sc3ccccc3)o2)cc1Br. The molecule has 0 radical (unpaired) electrons. The number of rotatable bonds is 6. The van der Waals surface area contributed by atoms with Gasteiger partial charge in [0.1, 0.15) is 11.5 Å². The number of methoxy groups -OCH3 is 1. The molecule has 9 heteroatoms. The average molecular weight is 589 g/mol. The van der Waals surface area contributed by atoms with Crippen LogP contribution in [0.1, 0.15) is 16.1 Å². The van der Waals surface area contributed by atoms with E-state index >= 15 is 0 Å². The molecule has 1 aromatic heterocycles. The summed E-state index contributed by atoms with van der Waals surface area (Å²) < 4.78 is 13.1. The molecule has 1 amide bonds. The standard InChI is InChI=1S/C19H13Br3N2O3S/c1-26-17-14(20)7-11(8-15(17)21)18(25)24-23-10-12-9-16(22)19(27-12)28-13-5-3-2-4-6-13/h2-10H,1H3,(H,24,25)/b23-10-. The van der Waals surface area contributed by atoms with Gasteiger partial charge in [-0.3, -0.25) is 4.79 Å². The Hall–Kier alpha value is -1.55. The minimum atomic E-state index is -0.357. The van der Waals surface area contributed by atoms with E-state index in [0.29, 0.717) is 31.1 Å². The lowest BCUT2D eigenvalue weighted by atomic mass is 10.2. The zero-order valence-electron chi connectivity index (χ0n) is 14.4. The van der Waals surface area contributed by atoms with Gasteiger partial charge >= 0.3 is 0 Å². The van der Waals surface area contributed by atoms with Gasteiger partial charge in [-0.1, -0.05) is 30.0 Å². The first kappa shape index (κ1) is 21.2. The molecule has 3 aromatic rings. The molecule has 1 N–H and O–H groups in total. The molecule has 0 saturated carbocycles. The van der Waals surface area contributed by atoms with Crippen molar-refractivity contribution in [2.45, 2.75) is 9.99 Å². The number of halogens is 3. The van der Waals surface area contributed by atoms with Crippen molar-refractivity contribution >= 4 is 71.7 Å². The van der Waals surface area contributed by atoms with Crippen molar-refractivity contribution in [1.82, 2.24) is 5.43 Å². The van der Waals surface area contributed by atoms with Crippen LogP contribution in [0.4, 0.5) is 0 Å². The number of hydrazone groups is 1. The minimum Gasteiger partial charge on any atom is -0.494 e. The third-order valence-corrected chi connectivity index (χ3v) is 6.48. The quantitative estimate of drug-likeness (QED) is 0.264. The predicted octanol–water partition coefficient (Wildman–Crippen LogP) is 6.49. The summed E-state index contributed by atoms with van der Waals surface area (Å²) >= 11 is 11.7. The number of nitrogens with one attached hydrogen (secondary N) is 1. The first-order valence-electron chi connectivity index (χ1n) is 7.86. The van der Waals surface area contributed by atoms with Crippen LogP contribution in [0.2, 0.25) is 0 Å². The van der Waals surface area contributed by atoms with Crippen LogP contribution in [0.15, 0.2) is 81.5 Å². The second-order valence-electron chi connectivity index (χ2n) is 5.37. The fourth-order valence-electron chi connectivity index (χ4n) is 2.20. The number of amides is 1. The van der Waals surface area contributed by atoms with Gasteiger partial charge in [0.2, 0.25) is 0 Å². The number of carbonyl (C=O) groups excluding carboxylic acids is 1. The highest BCUT2D eigenvalue weighted by atomic mass is 79.9. The summed E-state index contributed by atoms with van der Waals surface area (Å²) in [5.74, 6) is 0.774. The van der Waals surface area contributed by atoms with Crippen LogP contribution in [-0.2, 0) is 0 Å². The van der Waals surface area contributed by atoms with E-state index in [9.17, 15) is 4.79 Å². The van der Waals surface area contributed by atoms with Crippen molar-refractivity contribution in [3.8, 4) is 5.75 Å². The normalized spacial score (nSPS) is 11.0. The zero-order chi connectivity index (χ0) is 20.1. The highest BCUT2D eigenvalue weighted by Gasteiger charge is 2.13. The van der Waals surface area contributed by atoms with Crippen molar-refractivity contribution in [3.63, 3.8) is 0 Å². The summed E-state index contributed by atoms with van der Waals surface area (Å²) in [5.41, 5.74) is 2.91. The Kier molecular flexibility index (Phi) is 7.39. The summed E-state index contributed by atoms with van der Waals surface area (Å²) in [6, 6.07) is 15.0. The van der Waals surface area contributed by atoms with E-state index in [1.165, 1.54) is 18.0 Å². The molecule has 0 saturated heterocycles. The van der Waals surface area contributed by atoms with Crippen molar-refractivity contribution in [2.75, 3.05) is 7.11 Å². The van der Waals surface area contributed by atoms with Crippen molar-refractivity contribution in [1.29, 1.82) is 0 Å². The van der Waals surface area contributed by atoms with Gasteiger partial charge in [0.25, 0.3) is 5.91 Å². The highest BCUT2D eigenvalue weighted by molar-refractivity contribution is 9.11. The van der Waals surface area contributed by atoms with Crippen molar-refractivity contribution in [2.24, 2.45) is 5.10 Å². The smallest absolute Gasteiger partial charge is 0.271 e. The number of hydrogen-bond donors (Lipinski definition) is 1. The largest absolute Gasteiger partial charge is 0.494 e. The van der Waals surface area contributed by atoms with Crippen molar-refractivity contribution in [3.05, 3.63) is 73.3 Å². The summed E-state index contributed by atoms with van der Waals surface area (Å²) in [6.45, 7) is 0. The fourth-order valence-corrected chi connectivity index (χ4v) is 5.06. The molecule has 0 aliphatic rings. The summed E-state index contributed by atoms with van der Waals surface area (Å²) in [4.78, 5) is 13.4. The molecule has 0 aliphatic carbocycles. The summed E-state index contributed by atoms with van der Waals surface area (Å²) in [5, 5.41) is 4.68. The summed E-state index contributed by atoms with van der Waals surface area (Å²) in [6.07, 6.45) is 1.45. The Balaban J connectivity index is 1.66. The van der Waals surface area contributed by atoms with E-state index in [1.807, 2.05) is 30.3 Å². The molecule has 0 atom stereocenters. The fraction of sp³-hybridized carbons (Fsp3) is 0.0526. The van der Waals surface area contributed by atoms with E-state index < -0.39 is 0 Å². The van der Waals surface area contributed by atoms with Crippen LogP contribution < -0.4 is 10.2 Å². The van der Waals surface area contributed by atoms with Crippen LogP contribution in [0.25, 0.3) is 0 Å². The van der Waals surface area contributed by atoms with Crippen LogP contribution >= 0.6 is 59.6 Å². The molecule has 5 nitrogen and oxygen atoms in total. The van der Waals surface area contributed by atoms with Gasteiger partial charge in [-0.15, -0.1) is 0 Å². The van der Waals surface area contributed by atoms with Gasteiger partial charge in [0.15, 0.2) is 5.09 Å². The average Bonchev–Trinajstić information content (AvgIpc) is 3.01. The van der Waals surface area contributed by atoms with Crippen LogP contribution in [0.5, 0.6) is 5.75 Å². The molecule has 1 heterocycles. The second kappa shape index (κ2) is 9.78. The molecule has 0 bridgehead atoms. The number of carbonyl (C=O) groups is 1. The molecule has 0 spiro atoms. The van der Waals surface area contributed by atoms with Gasteiger partial charge in [-0.2, -0.15) is 5.10 Å². The first-order chi connectivity index (χ1) is 13.5. The molecule has 0 fully saturated rings. The Morgan fingerprint density at radius 2 is 1.79 bits per heavy atom. The van der Waals surface area contributed by atoms with E-state index in [-0.39, 0.29) is 5.91 Å². The lowest BCUT2D eigenvalue weighted by Crippen LogP contribution is -2.17. The highest BCUT2D eigenvalue weighted by Crippen LogP contribution is 2.36. The van der Waals surface area contributed by atoms with E-state index in [4.69, 9.17) is 9.15 Å². The number of ether oxygens (including phenoxy) is 1. The van der Waals surface area contributed by atoms with Gasteiger partial charge in [0, 0.05) is 16.5 Å². The van der Waals surface area contributed by atoms with E-state index in [0.717, 1.165) is 9.37 Å². The molecule has 144 valence electrons. The topological polar surface area (TPSA) is 63.8 Å². The van der Waals surface area contributed by atoms with E-state index in [2.05, 4.69) is 58.3 Å². The summed E-state index contributed by atoms with van der Waals surface area (Å²) in [7, 11) is 1.56. The Morgan fingerprint density at radius 1 is 1.11 bits per heavy atom. The van der Waals surface area contributed by atoms with Crippen LogP contribution in [0.3, 0.4) is 0 Å². The maximum absolute atomic E-state index is 12.3. The molecule has 28 heavy (non-hydrogen) atoms. The van der Waals surface area contributed by atoms with Gasteiger partial charge in [-0.05, 0) is 72.1 Å². The monoisotopic (exact) mass is 586 g/mol. The lowest BCUT2D eigenvalue weighted by molar-refractivity contribution is 0.0955. The van der Waals surface area contributed by atoms with Gasteiger partial charge < -0.3 is 9.15 Å². The third kappa shape index (κ3) is 5.28. The Morgan fingerprint density at radius 3 is 2.43 bits per heavy atom. The molecule has 0 unspecified atom stereocenters. The van der Waals surface area contributed by atoms with Gasteiger partial charge in [-0.25, -0.2) is 5.43 Å². The molecule has 0 aliphatic heterocycles. The Labute approximate surface area is 191 Å². The van der Waals surface area contributed by atoms with Crippen LogP contribution in [0, 0.1) is 0 Å². The van der Waals surface area contributed by atoms with Crippen LogP contribution in [-0.4, -0.2) is 19.2 Å². The molecule has 3 rings (SSSR count). The number of furan rings is 1. The zero-order valence-corrected chi connectivity index (χ0v) is 20.0. The number of benzene rings is 2. The Bertz CT molecular complexity index is 1000. The van der Waals surface area contributed by atoms with E-state index in [1.54, 1.807) is 25.3 Å². The minimum absolute atomic E-state index is 0.357. The predicted molar refractivity (Wildman–Crippen MR) is 120 cm³/mol. The third-order valence-electron chi connectivity index (χ3n) is 3.45. The van der Waals surface area contributed by atoms with Gasteiger partial charge in [0.05, 0.1) is 26.7 Å². The second-order valence-corrected chi connectivity index (χ2v) is 8.98. The number of nitrogens with zero attached hydrogens (tertiary/aromatic N) is 1. The molecular formula is C19H13Br3N2O3S. The lowest BCUT2D eigenvalue weighted by Gasteiger charge is -2.08. The maximum Gasteiger partial charge on any atom is 0.271 e. The number of hydrogen-bond acceptors (Lipinski definition) is 5. The maximum atomic E-state index is 12.3.